The minimum absolute atomic E-state index is 0.00499. The van der Waals surface area contributed by atoms with E-state index >= 15 is 0 Å². The molecule has 2 aliphatic rings. The molecule has 0 saturated carbocycles. The summed E-state index contributed by atoms with van der Waals surface area (Å²) >= 11 is 6.21. The number of hydrogen-bond acceptors (Lipinski definition) is 7. The van der Waals surface area contributed by atoms with Crippen molar-refractivity contribution in [3.8, 4) is 5.75 Å². The first-order valence-corrected chi connectivity index (χ1v) is 14.1. The van der Waals surface area contributed by atoms with Crippen LogP contribution in [0.2, 0.25) is 5.02 Å². The topological polar surface area (TPSA) is 143 Å². The highest BCUT2D eigenvalue weighted by Gasteiger charge is 2.39. The fourth-order valence-corrected chi connectivity index (χ4v) is 4.81. The maximum Gasteiger partial charge on any atom is 0.319 e. The van der Waals surface area contributed by atoms with E-state index in [0.717, 1.165) is 6.07 Å². The average molecular weight is 617 g/mol. The number of amides is 5. The molecule has 3 N–H and O–H groups in total. The lowest BCUT2D eigenvalue weighted by Crippen LogP contribution is -2.52. The van der Waals surface area contributed by atoms with Gasteiger partial charge in [-0.25, -0.2) is 9.18 Å². The van der Waals surface area contributed by atoms with E-state index in [1.54, 1.807) is 34.6 Å². The Morgan fingerprint density at radius 2 is 1.81 bits per heavy atom. The first-order chi connectivity index (χ1) is 20.0. The number of fused-ring (bicyclic) bond motifs is 1. The van der Waals surface area contributed by atoms with Crippen molar-refractivity contribution in [2.45, 2.75) is 72.2 Å². The third kappa shape index (κ3) is 7.81. The second-order valence-corrected chi connectivity index (χ2v) is 12.6. The summed E-state index contributed by atoms with van der Waals surface area (Å²) < 4.78 is 26.1. The average Bonchev–Trinajstić information content (AvgIpc) is 3.19. The lowest BCUT2D eigenvalue weighted by Gasteiger charge is -2.29. The molecule has 2 heterocycles. The van der Waals surface area contributed by atoms with Gasteiger partial charge in [-0.3, -0.25) is 24.5 Å². The van der Waals surface area contributed by atoms with Crippen LogP contribution in [0.25, 0.3) is 0 Å². The molecule has 0 spiro atoms. The molecule has 1 fully saturated rings. The second kappa shape index (κ2) is 12.2. The third-order valence-electron chi connectivity index (χ3n) is 6.81. The number of halogens is 2. The maximum absolute atomic E-state index is 14.9. The normalized spacial score (nSPS) is 16.9. The SMILES string of the molecule is CC(C)(C)OC(=O)C(C)(C)COc1cc(Cl)cc(NC(=O)NCc2cc3c(cc2F)C(=O)N(C2CCC(=O)NC2=O)C3)c1. The summed E-state index contributed by atoms with van der Waals surface area (Å²) in [6, 6.07) is 5.67. The quantitative estimate of drug-likeness (QED) is 0.296. The van der Waals surface area contributed by atoms with E-state index in [9.17, 15) is 28.4 Å². The van der Waals surface area contributed by atoms with Crippen LogP contribution in [0.3, 0.4) is 0 Å². The van der Waals surface area contributed by atoms with Crippen LogP contribution >= 0.6 is 11.6 Å². The largest absolute Gasteiger partial charge is 0.492 e. The van der Waals surface area contributed by atoms with E-state index in [1.807, 2.05) is 0 Å². The number of anilines is 1. The fourth-order valence-electron chi connectivity index (χ4n) is 4.58. The fraction of sp³-hybridized carbons (Fsp3) is 0.433. The van der Waals surface area contributed by atoms with Crippen LogP contribution in [0.5, 0.6) is 5.75 Å². The molecule has 0 aromatic heterocycles. The van der Waals surface area contributed by atoms with E-state index in [-0.39, 0.29) is 48.7 Å². The molecule has 0 radical (unpaired) electrons. The van der Waals surface area contributed by atoms with Gasteiger partial charge in [0.05, 0.1) is 5.41 Å². The molecule has 0 aliphatic carbocycles. The Morgan fingerprint density at radius 3 is 2.49 bits per heavy atom. The molecular weight excluding hydrogens is 583 g/mol. The van der Waals surface area contributed by atoms with Crippen LogP contribution in [-0.4, -0.2) is 52.9 Å². The van der Waals surface area contributed by atoms with Crippen LogP contribution in [0.15, 0.2) is 30.3 Å². The van der Waals surface area contributed by atoms with E-state index < -0.39 is 52.6 Å². The summed E-state index contributed by atoms with van der Waals surface area (Å²) in [4.78, 5) is 63.1. The maximum atomic E-state index is 14.9. The molecule has 1 saturated heterocycles. The van der Waals surface area contributed by atoms with Gasteiger partial charge < -0.3 is 25.0 Å². The Kier molecular flexibility index (Phi) is 9.00. The van der Waals surface area contributed by atoms with Crippen molar-refractivity contribution in [2.24, 2.45) is 5.41 Å². The number of imide groups is 1. The van der Waals surface area contributed by atoms with E-state index in [0.29, 0.717) is 17.0 Å². The second-order valence-electron chi connectivity index (χ2n) is 12.2. The van der Waals surface area contributed by atoms with Crippen molar-refractivity contribution in [2.75, 3.05) is 11.9 Å². The van der Waals surface area contributed by atoms with E-state index in [2.05, 4.69) is 16.0 Å². The van der Waals surface area contributed by atoms with Gasteiger partial charge in [0.25, 0.3) is 5.91 Å². The van der Waals surface area contributed by atoms with Gasteiger partial charge in [-0.05, 0) is 70.9 Å². The van der Waals surface area contributed by atoms with Crippen molar-refractivity contribution < 1.29 is 37.8 Å². The van der Waals surface area contributed by atoms with Gasteiger partial charge in [-0.2, -0.15) is 0 Å². The number of hydrogen-bond donors (Lipinski definition) is 3. The summed E-state index contributed by atoms with van der Waals surface area (Å²) in [6.45, 7) is 8.60. The molecule has 4 rings (SSSR count). The molecule has 0 bridgehead atoms. The van der Waals surface area contributed by atoms with Crippen molar-refractivity contribution >= 4 is 47.0 Å². The molecule has 2 aromatic carbocycles. The molecule has 43 heavy (non-hydrogen) atoms. The van der Waals surface area contributed by atoms with Gasteiger partial charge in [-0.15, -0.1) is 0 Å². The number of carbonyl (C=O) groups excluding carboxylic acids is 5. The Bertz CT molecular complexity index is 1490. The monoisotopic (exact) mass is 616 g/mol. The number of nitrogens with one attached hydrogen (secondary N) is 3. The molecule has 13 heteroatoms. The zero-order valence-corrected chi connectivity index (χ0v) is 25.3. The number of benzene rings is 2. The number of urea groups is 1. The molecule has 5 amide bonds. The first-order valence-electron chi connectivity index (χ1n) is 13.7. The summed E-state index contributed by atoms with van der Waals surface area (Å²) in [5.74, 6) is -2.25. The van der Waals surface area contributed by atoms with Crippen LogP contribution < -0.4 is 20.7 Å². The number of rotatable bonds is 8. The third-order valence-corrected chi connectivity index (χ3v) is 7.03. The van der Waals surface area contributed by atoms with Gasteiger partial charge >= 0.3 is 12.0 Å². The molecule has 2 aromatic rings. The highest BCUT2D eigenvalue weighted by Crippen LogP contribution is 2.30. The minimum atomic E-state index is -0.954. The van der Waals surface area contributed by atoms with Crippen molar-refractivity contribution in [1.29, 1.82) is 0 Å². The van der Waals surface area contributed by atoms with E-state index in [4.69, 9.17) is 21.1 Å². The molecule has 2 aliphatic heterocycles. The smallest absolute Gasteiger partial charge is 0.319 e. The Hall–Kier alpha value is -4.19. The molecular formula is C30H34ClFN4O7. The van der Waals surface area contributed by atoms with Crippen molar-refractivity contribution in [1.82, 2.24) is 15.5 Å². The predicted molar refractivity (Wildman–Crippen MR) is 155 cm³/mol. The van der Waals surface area contributed by atoms with Gasteiger partial charge in [0.15, 0.2) is 0 Å². The van der Waals surface area contributed by atoms with Crippen LogP contribution in [-0.2, 0) is 32.2 Å². The Morgan fingerprint density at radius 1 is 1.09 bits per heavy atom. The highest BCUT2D eigenvalue weighted by molar-refractivity contribution is 6.31. The number of esters is 1. The van der Waals surface area contributed by atoms with E-state index in [1.165, 1.54) is 29.2 Å². The number of ether oxygens (including phenoxy) is 2. The summed E-state index contributed by atoms with van der Waals surface area (Å²) in [7, 11) is 0. The standard InChI is InChI=1S/C30H34ClFN4O7/c1-29(2,3)43-27(40)30(4,5)15-42-20-10-18(31)9-19(11-20)34-28(41)33-13-16-8-17-14-36(26(39)21(17)12-22(16)32)23-6-7-24(37)35-25(23)38/h8-12,23H,6-7,13-15H2,1-5H3,(H2,33,34,41)(H,35,37,38). The van der Waals surface area contributed by atoms with Crippen LogP contribution in [0.1, 0.15) is 68.9 Å². The Balaban J connectivity index is 1.36. The summed E-state index contributed by atoms with van der Waals surface area (Å²) in [5.41, 5.74) is -0.507. The lowest BCUT2D eigenvalue weighted by atomic mass is 9.94. The van der Waals surface area contributed by atoms with Crippen LogP contribution in [0, 0.1) is 11.2 Å². The Labute approximate surface area is 253 Å². The summed E-state index contributed by atoms with van der Waals surface area (Å²) in [5, 5.41) is 7.69. The number of nitrogens with zero attached hydrogens (tertiary/aromatic N) is 1. The van der Waals surface area contributed by atoms with Gasteiger partial charge in [0, 0.05) is 47.4 Å². The zero-order valence-electron chi connectivity index (χ0n) is 24.6. The molecule has 230 valence electrons. The molecule has 1 unspecified atom stereocenters. The molecule has 11 nitrogen and oxygen atoms in total. The number of carbonyl (C=O) groups is 5. The van der Waals surface area contributed by atoms with Crippen molar-refractivity contribution in [3.05, 3.63) is 57.9 Å². The predicted octanol–water partition coefficient (Wildman–Crippen LogP) is 4.31. The van der Waals surface area contributed by atoms with Gasteiger partial charge in [0.2, 0.25) is 11.8 Å². The lowest BCUT2D eigenvalue weighted by molar-refractivity contribution is -0.167. The van der Waals surface area contributed by atoms with Gasteiger partial charge in [-0.1, -0.05) is 11.6 Å². The zero-order chi connectivity index (χ0) is 31.7. The van der Waals surface area contributed by atoms with Gasteiger partial charge in [0.1, 0.15) is 29.8 Å². The molecule has 1 atom stereocenters. The highest BCUT2D eigenvalue weighted by atomic mass is 35.5. The van der Waals surface area contributed by atoms with Crippen LogP contribution in [0.4, 0.5) is 14.9 Å². The number of piperidine rings is 1. The van der Waals surface area contributed by atoms with Crippen molar-refractivity contribution in [3.63, 3.8) is 0 Å². The minimum Gasteiger partial charge on any atom is -0.492 e. The first kappa shape index (κ1) is 31.7. The summed E-state index contributed by atoms with van der Waals surface area (Å²) in [6.07, 6.45) is 0.304.